The number of rotatable bonds is 4. The summed E-state index contributed by atoms with van der Waals surface area (Å²) in [5.41, 5.74) is 9.77. The molecule has 0 saturated heterocycles. The number of hydrogen-bond acceptors (Lipinski definition) is 2. The van der Waals surface area contributed by atoms with Crippen molar-refractivity contribution < 1.29 is 0 Å². The lowest BCUT2D eigenvalue weighted by Gasteiger charge is -2.13. The Morgan fingerprint density at radius 2 is 1.60 bits per heavy atom. The predicted octanol–water partition coefficient (Wildman–Crippen LogP) is 3.25. The summed E-state index contributed by atoms with van der Waals surface area (Å²) >= 11 is 0. The van der Waals surface area contributed by atoms with Crippen LogP contribution in [0.3, 0.4) is 0 Å². The fraction of sp³-hybridized carbons (Fsp3) is 0.118. The van der Waals surface area contributed by atoms with E-state index in [2.05, 4.69) is 41.5 Å². The number of nitrogens with two attached hydrogens (primary N) is 1. The summed E-state index contributed by atoms with van der Waals surface area (Å²) in [6.07, 6.45) is 3.70. The van der Waals surface area contributed by atoms with E-state index in [4.69, 9.17) is 5.73 Å². The lowest BCUT2D eigenvalue weighted by atomic mass is 10.0. The molecule has 20 heavy (non-hydrogen) atoms. The third kappa shape index (κ3) is 2.78. The number of hydrogen-bond donors (Lipinski definition) is 1. The Morgan fingerprint density at radius 3 is 2.25 bits per heavy atom. The highest BCUT2D eigenvalue weighted by atomic mass is 15.3. The second-order valence-electron chi connectivity index (χ2n) is 4.82. The van der Waals surface area contributed by atoms with Gasteiger partial charge in [-0.2, -0.15) is 5.10 Å². The minimum Gasteiger partial charge on any atom is -0.322 e. The maximum atomic E-state index is 6.21. The molecule has 2 N–H and O–H groups in total. The van der Waals surface area contributed by atoms with Crippen LogP contribution in [0, 0.1) is 0 Å². The van der Waals surface area contributed by atoms with Crippen molar-refractivity contribution in [2.45, 2.75) is 12.6 Å². The molecule has 1 unspecified atom stereocenters. The molecule has 0 aliphatic carbocycles. The van der Waals surface area contributed by atoms with Crippen LogP contribution >= 0.6 is 0 Å². The molecule has 3 rings (SSSR count). The quantitative estimate of drug-likeness (QED) is 0.785. The molecule has 1 aromatic heterocycles. The van der Waals surface area contributed by atoms with Crippen LogP contribution in [0.25, 0.3) is 11.1 Å². The molecule has 0 spiro atoms. The first-order valence-electron chi connectivity index (χ1n) is 6.71. The molecule has 0 aliphatic heterocycles. The summed E-state index contributed by atoms with van der Waals surface area (Å²) < 4.78 is 1.86. The molecule has 0 radical (unpaired) electrons. The van der Waals surface area contributed by atoms with Crippen LogP contribution in [0.5, 0.6) is 0 Å². The summed E-state index contributed by atoms with van der Waals surface area (Å²) in [7, 11) is 0. The molecule has 3 nitrogen and oxygen atoms in total. The van der Waals surface area contributed by atoms with E-state index in [1.54, 1.807) is 6.20 Å². The highest BCUT2D eigenvalue weighted by Gasteiger charge is 2.07. The highest BCUT2D eigenvalue weighted by Crippen LogP contribution is 2.21. The predicted molar refractivity (Wildman–Crippen MR) is 81.0 cm³/mol. The molecule has 0 fully saturated rings. The Balaban J connectivity index is 1.76. The largest absolute Gasteiger partial charge is 0.322 e. The van der Waals surface area contributed by atoms with Gasteiger partial charge in [0.1, 0.15) is 0 Å². The molecule has 3 aromatic rings. The number of nitrogens with zero attached hydrogens (tertiary/aromatic N) is 2. The molecule has 3 heteroatoms. The maximum absolute atomic E-state index is 6.21. The van der Waals surface area contributed by atoms with Gasteiger partial charge in [-0.15, -0.1) is 0 Å². The zero-order valence-corrected chi connectivity index (χ0v) is 11.2. The molecule has 2 aromatic carbocycles. The van der Waals surface area contributed by atoms with Gasteiger partial charge in [0.25, 0.3) is 0 Å². The molecule has 1 heterocycles. The average Bonchev–Trinajstić information content (AvgIpc) is 3.01. The average molecular weight is 263 g/mol. The van der Waals surface area contributed by atoms with Crippen molar-refractivity contribution in [2.24, 2.45) is 5.73 Å². The van der Waals surface area contributed by atoms with Crippen molar-refractivity contribution in [3.8, 4) is 11.1 Å². The Hall–Kier alpha value is -2.39. The monoisotopic (exact) mass is 263 g/mol. The normalized spacial score (nSPS) is 12.2. The van der Waals surface area contributed by atoms with E-state index in [-0.39, 0.29) is 6.04 Å². The standard InChI is InChI=1S/C17H17N3/c18-17(13-20-12-4-11-19-20)16-9-7-15(8-10-16)14-5-2-1-3-6-14/h1-12,17H,13,18H2. The molecule has 0 saturated carbocycles. The first-order chi connectivity index (χ1) is 9.83. The van der Waals surface area contributed by atoms with Gasteiger partial charge in [0.15, 0.2) is 0 Å². The zero-order valence-electron chi connectivity index (χ0n) is 11.2. The van der Waals surface area contributed by atoms with E-state index >= 15 is 0 Å². The van der Waals surface area contributed by atoms with Crippen LogP contribution in [0.1, 0.15) is 11.6 Å². The van der Waals surface area contributed by atoms with Gasteiger partial charge in [-0.05, 0) is 22.8 Å². The first kappa shape index (κ1) is 12.6. The van der Waals surface area contributed by atoms with E-state index < -0.39 is 0 Å². The van der Waals surface area contributed by atoms with Crippen molar-refractivity contribution in [2.75, 3.05) is 0 Å². The highest BCUT2D eigenvalue weighted by molar-refractivity contribution is 5.63. The van der Waals surface area contributed by atoms with Crippen molar-refractivity contribution in [1.82, 2.24) is 9.78 Å². The second-order valence-corrected chi connectivity index (χ2v) is 4.82. The molecular formula is C17H17N3. The van der Waals surface area contributed by atoms with Gasteiger partial charge in [0, 0.05) is 18.4 Å². The SMILES string of the molecule is NC(Cn1cccn1)c1ccc(-c2ccccc2)cc1. The van der Waals surface area contributed by atoms with Gasteiger partial charge in [-0.1, -0.05) is 54.6 Å². The lowest BCUT2D eigenvalue weighted by molar-refractivity contribution is 0.528. The van der Waals surface area contributed by atoms with Crippen molar-refractivity contribution in [3.05, 3.63) is 78.6 Å². The van der Waals surface area contributed by atoms with Crippen LogP contribution in [-0.4, -0.2) is 9.78 Å². The van der Waals surface area contributed by atoms with Crippen molar-refractivity contribution in [1.29, 1.82) is 0 Å². The fourth-order valence-corrected chi connectivity index (χ4v) is 2.27. The van der Waals surface area contributed by atoms with Gasteiger partial charge in [-0.25, -0.2) is 0 Å². The first-order valence-corrected chi connectivity index (χ1v) is 6.71. The number of benzene rings is 2. The minimum atomic E-state index is -0.0419. The van der Waals surface area contributed by atoms with Gasteiger partial charge in [0.2, 0.25) is 0 Å². The topological polar surface area (TPSA) is 43.8 Å². The van der Waals surface area contributed by atoms with Crippen molar-refractivity contribution >= 4 is 0 Å². The Bertz CT molecular complexity index is 642. The second kappa shape index (κ2) is 5.72. The van der Waals surface area contributed by atoms with Gasteiger partial charge in [-0.3, -0.25) is 4.68 Å². The summed E-state index contributed by atoms with van der Waals surface area (Å²) in [5.74, 6) is 0. The van der Waals surface area contributed by atoms with Gasteiger partial charge < -0.3 is 5.73 Å². The van der Waals surface area contributed by atoms with E-state index in [1.165, 1.54) is 11.1 Å². The lowest BCUT2D eigenvalue weighted by Crippen LogP contribution is -2.17. The minimum absolute atomic E-state index is 0.0419. The van der Waals surface area contributed by atoms with Gasteiger partial charge in [0.05, 0.1) is 6.54 Å². The van der Waals surface area contributed by atoms with E-state index in [0.717, 1.165) is 5.56 Å². The van der Waals surface area contributed by atoms with Crippen LogP contribution in [0.15, 0.2) is 73.1 Å². The van der Waals surface area contributed by atoms with E-state index in [9.17, 15) is 0 Å². The maximum Gasteiger partial charge on any atom is 0.0602 e. The molecular weight excluding hydrogens is 246 g/mol. The zero-order chi connectivity index (χ0) is 13.8. The summed E-state index contributed by atoms with van der Waals surface area (Å²) in [6, 6.07) is 20.6. The van der Waals surface area contributed by atoms with Crippen LogP contribution < -0.4 is 5.73 Å². The third-order valence-electron chi connectivity index (χ3n) is 3.39. The molecule has 100 valence electrons. The van der Waals surface area contributed by atoms with E-state index in [0.29, 0.717) is 6.54 Å². The number of aromatic nitrogens is 2. The molecule has 0 amide bonds. The van der Waals surface area contributed by atoms with Crippen LogP contribution in [-0.2, 0) is 6.54 Å². The van der Waals surface area contributed by atoms with Gasteiger partial charge >= 0.3 is 0 Å². The fourth-order valence-electron chi connectivity index (χ4n) is 2.27. The smallest absolute Gasteiger partial charge is 0.0602 e. The molecule has 1 atom stereocenters. The van der Waals surface area contributed by atoms with Crippen molar-refractivity contribution in [3.63, 3.8) is 0 Å². The summed E-state index contributed by atoms with van der Waals surface area (Å²) in [4.78, 5) is 0. The Labute approximate surface area is 118 Å². The molecule has 0 bridgehead atoms. The Kier molecular flexibility index (Phi) is 3.61. The summed E-state index contributed by atoms with van der Waals surface area (Å²) in [6.45, 7) is 0.692. The van der Waals surface area contributed by atoms with Crippen LogP contribution in [0.2, 0.25) is 0 Å². The summed E-state index contributed by atoms with van der Waals surface area (Å²) in [5, 5.41) is 4.18. The van der Waals surface area contributed by atoms with Crippen LogP contribution in [0.4, 0.5) is 0 Å². The molecule has 0 aliphatic rings. The third-order valence-corrected chi connectivity index (χ3v) is 3.39. The van der Waals surface area contributed by atoms with E-state index in [1.807, 2.05) is 35.1 Å². The Morgan fingerprint density at radius 1 is 0.900 bits per heavy atom.